The molecule has 4 nitrogen and oxygen atoms in total. The van der Waals surface area contributed by atoms with Gasteiger partial charge in [0.2, 0.25) is 11.8 Å². The van der Waals surface area contributed by atoms with Gasteiger partial charge in [-0.15, -0.1) is 0 Å². The molecule has 0 saturated carbocycles. The molecule has 1 aromatic heterocycles. The molecule has 0 spiro atoms. The Morgan fingerprint density at radius 1 is 1.21 bits per heavy atom. The maximum atomic E-state index is 12.2. The molecular formula is C19H17ClN2O2. The van der Waals surface area contributed by atoms with E-state index in [2.05, 4.69) is 10.3 Å². The topological polar surface area (TPSA) is 55.1 Å². The third-order valence-corrected chi connectivity index (χ3v) is 3.88. The highest BCUT2D eigenvalue weighted by Crippen LogP contribution is 2.19. The van der Waals surface area contributed by atoms with Crippen LogP contribution in [0, 0.1) is 0 Å². The molecular weight excluding hydrogens is 324 g/mol. The molecule has 1 atom stereocenters. The van der Waals surface area contributed by atoms with Crippen molar-refractivity contribution < 1.29 is 9.21 Å². The molecule has 2 aromatic carbocycles. The van der Waals surface area contributed by atoms with Crippen LogP contribution in [0.5, 0.6) is 0 Å². The van der Waals surface area contributed by atoms with Gasteiger partial charge in [-0.1, -0.05) is 41.9 Å². The van der Waals surface area contributed by atoms with E-state index in [9.17, 15) is 4.79 Å². The number of halogens is 1. The molecule has 3 rings (SSSR count). The Kier molecular flexibility index (Phi) is 4.96. The lowest BCUT2D eigenvalue weighted by Gasteiger charge is -2.14. The van der Waals surface area contributed by atoms with Gasteiger partial charge in [-0.05, 0) is 36.8 Å². The molecule has 1 amide bonds. The Bertz CT molecular complexity index is 830. The van der Waals surface area contributed by atoms with E-state index in [0.717, 1.165) is 11.1 Å². The van der Waals surface area contributed by atoms with Gasteiger partial charge in [0.05, 0.1) is 18.2 Å². The van der Waals surface area contributed by atoms with E-state index in [1.165, 1.54) is 6.26 Å². The number of aromatic nitrogens is 1. The molecule has 5 heteroatoms. The maximum Gasteiger partial charge on any atom is 0.226 e. The number of benzene rings is 2. The summed E-state index contributed by atoms with van der Waals surface area (Å²) in [6.07, 6.45) is 1.69. The van der Waals surface area contributed by atoms with Gasteiger partial charge in [0, 0.05) is 10.6 Å². The van der Waals surface area contributed by atoms with Gasteiger partial charge >= 0.3 is 0 Å². The number of rotatable bonds is 5. The summed E-state index contributed by atoms with van der Waals surface area (Å²) in [5.74, 6) is 0.400. The zero-order chi connectivity index (χ0) is 16.9. The highest BCUT2D eigenvalue weighted by Gasteiger charge is 2.13. The maximum absolute atomic E-state index is 12.2. The van der Waals surface area contributed by atoms with Crippen molar-refractivity contribution in [1.29, 1.82) is 0 Å². The van der Waals surface area contributed by atoms with Crippen LogP contribution in [0.2, 0.25) is 5.02 Å². The fraction of sp³-hybridized carbons (Fsp3) is 0.158. The van der Waals surface area contributed by atoms with Crippen molar-refractivity contribution in [3.05, 3.63) is 77.1 Å². The molecule has 1 N–H and O–H groups in total. The number of oxazole rings is 1. The molecule has 0 aliphatic carbocycles. The Hall–Kier alpha value is -2.59. The number of nitrogens with one attached hydrogen (secondary N) is 1. The van der Waals surface area contributed by atoms with Crippen LogP contribution in [0.4, 0.5) is 0 Å². The van der Waals surface area contributed by atoms with Crippen LogP contribution in [-0.2, 0) is 11.2 Å². The number of hydrogen-bond donors (Lipinski definition) is 1. The Morgan fingerprint density at radius 3 is 2.75 bits per heavy atom. The molecule has 1 unspecified atom stereocenters. The Morgan fingerprint density at radius 2 is 2.00 bits per heavy atom. The summed E-state index contributed by atoms with van der Waals surface area (Å²) in [4.78, 5) is 16.6. The van der Waals surface area contributed by atoms with Crippen LogP contribution >= 0.6 is 11.6 Å². The predicted octanol–water partition coefficient (Wildman–Crippen LogP) is 4.41. The average molecular weight is 341 g/mol. The first kappa shape index (κ1) is 16.3. The van der Waals surface area contributed by atoms with E-state index in [1.54, 1.807) is 6.07 Å². The fourth-order valence-corrected chi connectivity index (χ4v) is 2.62. The predicted molar refractivity (Wildman–Crippen MR) is 93.7 cm³/mol. The normalized spacial score (nSPS) is 11.9. The van der Waals surface area contributed by atoms with Crippen molar-refractivity contribution in [3.63, 3.8) is 0 Å². The molecule has 0 fully saturated rings. The molecule has 24 heavy (non-hydrogen) atoms. The molecule has 0 aliphatic heterocycles. The summed E-state index contributed by atoms with van der Waals surface area (Å²) in [6.45, 7) is 1.92. The van der Waals surface area contributed by atoms with Crippen molar-refractivity contribution in [2.24, 2.45) is 0 Å². The Balaban J connectivity index is 1.62. The van der Waals surface area contributed by atoms with Crippen LogP contribution in [0.15, 0.2) is 65.3 Å². The van der Waals surface area contributed by atoms with Crippen LogP contribution in [0.1, 0.15) is 24.2 Å². The summed E-state index contributed by atoms with van der Waals surface area (Å²) in [6, 6.07) is 16.9. The summed E-state index contributed by atoms with van der Waals surface area (Å²) in [5.41, 5.74) is 2.45. The highest BCUT2D eigenvalue weighted by molar-refractivity contribution is 6.30. The summed E-state index contributed by atoms with van der Waals surface area (Å²) in [5, 5.41) is 3.59. The van der Waals surface area contributed by atoms with Crippen LogP contribution < -0.4 is 5.32 Å². The number of nitrogens with zero attached hydrogens (tertiary/aromatic N) is 1. The van der Waals surface area contributed by atoms with Crippen LogP contribution in [0.3, 0.4) is 0 Å². The lowest BCUT2D eigenvalue weighted by atomic mass is 10.1. The second-order valence-corrected chi connectivity index (χ2v) is 5.97. The van der Waals surface area contributed by atoms with Crippen molar-refractivity contribution in [2.45, 2.75) is 19.4 Å². The first-order chi connectivity index (χ1) is 11.6. The monoisotopic (exact) mass is 340 g/mol. The average Bonchev–Trinajstić information content (AvgIpc) is 3.04. The summed E-state index contributed by atoms with van der Waals surface area (Å²) >= 11 is 5.98. The Labute approximate surface area is 145 Å². The summed E-state index contributed by atoms with van der Waals surface area (Å²) < 4.78 is 5.45. The zero-order valence-corrected chi connectivity index (χ0v) is 14.0. The molecule has 0 aliphatic rings. The third-order valence-electron chi connectivity index (χ3n) is 3.64. The van der Waals surface area contributed by atoms with Crippen molar-refractivity contribution in [3.8, 4) is 11.5 Å². The third kappa shape index (κ3) is 4.03. The minimum absolute atomic E-state index is 0.115. The quantitative estimate of drug-likeness (QED) is 0.748. The first-order valence-corrected chi connectivity index (χ1v) is 8.04. The zero-order valence-electron chi connectivity index (χ0n) is 13.2. The van der Waals surface area contributed by atoms with Gasteiger partial charge in [-0.3, -0.25) is 4.79 Å². The van der Waals surface area contributed by atoms with Crippen molar-refractivity contribution >= 4 is 17.5 Å². The van der Waals surface area contributed by atoms with E-state index in [1.807, 2.05) is 55.5 Å². The van der Waals surface area contributed by atoms with Gasteiger partial charge in [0.15, 0.2) is 0 Å². The fourth-order valence-electron chi connectivity index (χ4n) is 2.42. The smallest absolute Gasteiger partial charge is 0.226 e. The first-order valence-electron chi connectivity index (χ1n) is 7.66. The number of carbonyl (C=O) groups is 1. The summed E-state index contributed by atoms with van der Waals surface area (Å²) in [7, 11) is 0. The second-order valence-electron chi connectivity index (χ2n) is 5.53. The highest BCUT2D eigenvalue weighted by atomic mass is 35.5. The standard InChI is InChI=1S/C19H17ClN2O2/c1-13(15-8-5-9-16(20)10-15)21-18(23)11-17-12-24-19(22-17)14-6-3-2-4-7-14/h2-10,12-13H,11H2,1H3,(H,21,23). The van der Waals surface area contributed by atoms with E-state index < -0.39 is 0 Å². The molecule has 0 radical (unpaired) electrons. The van der Waals surface area contributed by atoms with Crippen LogP contribution in [0.25, 0.3) is 11.5 Å². The van der Waals surface area contributed by atoms with Gasteiger partial charge in [-0.2, -0.15) is 0 Å². The molecule has 1 heterocycles. The van der Waals surface area contributed by atoms with Crippen molar-refractivity contribution in [2.75, 3.05) is 0 Å². The number of carbonyl (C=O) groups excluding carboxylic acids is 1. The van der Waals surface area contributed by atoms with E-state index in [-0.39, 0.29) is 18.4 Å². The van der Waals surface area contributed by atoms with Gasteiger partial charge in [0.1, 0.15) is 6.26 Å². The number of hydrogen-bond acceptors (Lipinski definition) is 3. The molecule has 0 bridgehead atoms. The van der Waals surface area contributed by atoms with Crippen LogP contribution in [-0.4, -0.2) is 10.9 Å². The van der Waals surface area contributed by atoms with Gasteiger partial charge in [0.25, 0.3) is 0 Å². The minimum Gasteiger partial charge on any atom is -0.444 e. The molecule has 122 valence electrons. The second kappa shape index (κ2) is 7.32. The van der Waals surface area contributed by atoms with Gasteiger partial charge < -0.3 is 9.73 Å². The van der Waals surface area contributed by atoms with E-state index >= 15 is 0 Å². The molecule has 3 aromatic rings. The van der Waals surface area contributed by atoms with Crippen molar-refractivity contribution in [1.82, 2.24) is 10.3 Å². The number of amides is 1. The van der Waals surface area contributed by atoms with Gasteiger partial charge in [-0.25, -0.2) is 4.98 Å². The lowest BCUT2D eigenvalue weighted by Crippen LogP contribution is -2.28. The van der Waals surface area contributed by atoms with E-state index in [0.29, 0.717) is 16.6 Å². The largest absolute Gasteiger partial charge is 0.444 e. The lowest BCUT2D eigenvalue weighted by molar-refractivity contribution is -0.121. The minimum atomic E-state index is -0.128. The molecule has 0 saturated heterocycles. The van der Waals surface area contributed by atoms with E-state index in [4.69, 9.17) is 16.0 Å². The SMILES string of the molecule is CC(NC(=O)Cc1coc(-c2ccccc2)n1)c1cccc(Cl)c1.